The van der Waals surface area contributed by atoms with Crippen LogP contribution >= 0.6 is 11.6 Å². The van der Waals surface area contributed by atoms with Crippen molar-refractivity contribution in [2.75, 3.05) is 31.5 Å². The molecular weight excluding hydrogens is 298 g/mol. The highest BCUT2D eigenvalue weighted by molar-refractivity contribution is 6.31. The molecular formula is C17H28ClN3O. The van der Waals surface area contributed by atoms with Crippen LogP contribution in [0.1, 0.15) is 38.8 Å². The van der Waals surface area contributed by atoms with Gasteiger partial charge in [-0.25, -0.2) is 4.79 Å². The molecule has 0 fully saturated rings. The van der Waals surface area contributed by atoms with Crippen LogP contribution in [0.25, 0.3) is 0 Å². The number of nitrogens with zero attached hydrogens (tertiary/aromatic N) is 1. The minimum atomic E-state index is -0.168. The molecule has 0 heterocycles. The summed E-state index contributed by atoms with van der Waals surface area (Å²) in [5, 5.41) is 6.60. The molecule has 0 saturated heterocycles. The van der Waals surface area contributed by atoms with E-state index in [-0.39, 0.29) is 6.03 Å². The van der Waals surface area contributed by atoms with Crippen LogP contribution < -0.4 is 10.6 Å². The maximum atomic E-state index is 12.1. The largest absolute Gasteiger partial charge is 0.337 e. The predicted octanol–water partition coefficient (Wildman–Crippen LogP) is 3.93. The number of halogens is 1. The van der Waals surface area contributed by atoms with Gasteiger partial charge in [0.2, 0.25) is 0 Å². The molecule has 5 heteroatoms. The summed E-state index contributed by atoms with van der Waals surface area (Å²) in [7, 11) is 0. The molecule has 124 valence electrons. The first-order valence-corrected chi connectivity index (χ1v) is 8.52. The van der Waals surface area contributed by atoms with E-state index in [0.29, 0.717) is 11.6 Å². The maximum absolute atomic E-state index is 12.1. The van der Waals surface area contributed by atoms with Crippen molar-refractivity contribution < 1.29 is 4.79 Å². The molecule has 1 aromatic carbocycles. The van der Waals surface area contributed by atoms with Crippen LogP contribution in [0, 0.1) is 0 Å². The van der Waals surface area contributed by atoms with Crippen molar-refractivity contribution in [3.63, 3.8) is 0 Å². The third-order valence-corrected chi connectivity index (χ3v) is 4.28. The molecule has 0 atom stereocenters. The lowest BCUT2D eigenvalue weighted by Crippen LogP contribution is -2.37. The molecule has 0 spiro atoms. The van der Waals surface area contributed by atoms with Gasteiger partial charge in [0.05, 0.1) is 5.69 Å². The fraction of sp³-hybridized carbons (Fsp3) is 0.588. The molecule has 2 amide bonds. The summed E-state index contributed by atoms with van der Waals surface area (Å²) >= 11 is 6.25. The standard InChI is InChI=1S/C17H28ClN3O/c1-5-13-9-10-15(18)14(6-2)16(13)20-17(22)19-11-12-21(7-3)8-4/h9-10H,5-8,11-12H2,1-4H3,(H2,19,20,22). The van der Waals surface area contributed by atoms with Gasteiger partial charge in [-0.05, 0) is 43.1 Å². The van der Waals surface area contributed by atoms with Gasteiger partial charge in [-0.15, -0.1) is 0 Å². The van der Waals surface area contributed by atoms with E-state index in [1.807, 2.05) is 19.1 Å². The Balaban J connectivity index is 2.69. The van der Waals surface area contributed by atoms with Crippen LogP contribution in [-0.4, -0.2) is 37.1 Å². The average molecular weight is 326 g/mol. The first-order valence-electron chi connectivity index (χ1n) is 8.14. The summed E-state index contributed by atoms with van der Waals surface area (Å²) in [4.78, 5) is 14.4. The topological polar surface area (TPSA) is 44.4 Å². The van der Waals surface area contributed by atoms with E-state index >= 15 is 0 Å². The number of anilines is 1. The van der Waals surface area contributed by atoms with Gasteiger partial charge < -0.3 is 15.5 Å². The molecule has 0 aromatic heterocycles. The summed E-state index contributed by atoms with van der Waals surface area (Å²) in [6, 6.07) is 3.72. The summed E-state index contributed by atoms with van der Waals surface area (Å²) in [6.07, 6.45) is 1.65. The fourth-order valence-corrected chi connectivity index (χ4v) is 2.78. The highest BCUT2D eigenvalue weighted by Crippen LogP contribution is 2.29. The zero-order valence-corrected chi connectivity index (χ0v) is 14.9. The maximum Gasteiger partial charge on any atom is 0.319 e. The first-order chi connectivity index (χ1) is 10.6. The highest BCUT2D eigenvalue weighted by atomic mass is 35.5. The molecule has 0 aliphatic rings. The second-order valence-corrected chi connectivity index (χ2v) is 5.58. The lowest BCUT2D eigenvalue weighted by molar-refractivity contribution is 0.247. The van der Waals surface area contributed by atoms with Crippen molar-refractivity contribution in [2.24, 2.45) is 0 Å². The normalized spacial score (nSPS) is 10.8. The Bertz CT molecular complexity index is 487. The van der Waals surface area contributed by atoms with Gasteiger partial charge in [-0.1, -0.05) is 45.4 Å². The van der Waals surface area contributed by atoms with Crippen LogP contribution in [0.15, 0.2) is 12.1 Å². The first kappa shape index (κ1) is 18.8. The van der Waals surface area contributed by atoms with Crippen molar-refractivity contribution in [3.05, 3.63) is 28.3 Å². The molecule has 0 aliphatic heterocycles. The van der Waals surface area contributed by atoms with Gasteiger partial charge in [0, 0.05) is 18.1 Å². The number of carbonyl (C=O) groups is 1. The van der Waals surface area contributed by atoms with E-state index in [1.54, 1.807) is 0 Å². The lowest BCUT2D eigenvalue weighted by atomic mass is 10.0. The van der Waals surface area contributed by atoms with Crippen LogP contribution in [0.3, 0.4) is 0 Å². The number of aryl methyl sites for hydroxylation is 1. The molecule has 1 rings (SSSR count). The Morgan fingerprint density at radius 2 is 1.82 bits per heavy atom. The zero-order valence-electron chi connectivity index (χ0n) is 14.1. The van der Waals surface area contributed by atoms with Gasteiger partial charge in [0.1, 0.15) is 0 Å². The Labute approximate surface area is 139 Å². The van der Waals surface area contributed by atoms with Gasteiger partial charge in [0.15, 0.2) is 0 Å². The summed E-state index contributed by atoms with van der Waals surface area (Å²) in [5.41, 5.74) is 2.97. The molecule has 22 heavy (non-hydrogen) atoms. The van der Waals surface area contributed by atoms with Crippen molar-refractivity contribution in [1.29, 1.82) is 0 Å². The number of urea groups is 1. The SMILES string of the molecule is CCc1ccc(Cl)c(CC)c1NC(=O)NCCN(CC)CC. The third-order valence-electron chi connectivity index (χ3n) is 3.92. The van der Waals surface area contributed by atoms with E-state index in [4.69, 9.17) is 11.6 Å². The Hall–Kier alpha value is -1.26. The lowest BCUT2D eigenvalue weighted by Gasteiger charge is -2.19. The second-order valence-electron chi connectivity index (χ2n) is 5.17. The number of carbonyl (C=O) groups excluding carboxylic acids is 1. The van der Waals surface area contributed by atoms with E-state index in [0.717, 1.165) is 49.3 Å². The van der Waals surface area contributed by atoms with Crippen molar-refractivity contribution in [2.45, 2.75) is 40.5 Å². The number of amides is 2. The Morgan fingerprint density at radius 1 is 1.14 bits per heavy atom. The fourth-order valence-electron chi connectivity index (χ4n) is 2.49. The quantitative estimate of drug-likeness (QED) is 0.760. The molecule has 0 radical (unpaired) electrons. The molecule has 4 nitrogen and oxygen atoms in total. The van der Waals surface area contributed by atoms with E-state index in [1.165, 1.54) is 0 Å². The smallest absolute Gasteiger partial charge is 0.319 e. The summed E-state index contributed by atoms with van der Waals surface area (Å²) in [5.74, 6) is 0. The van der Waals surface area contributed by atoms with Crippen molar-refractivity contribution in [1.82, 2.24) is 10.2 Å². The number of hydrogen-bond donors (Lipinski definition) is 2. The zero-order chi connectivity index (χ0) is 16.5. The van der Waals surface area contributed by atoms with E-state index < -0.39 is 0 Å². The van der Waals surface area contributed by atoms with Crippen LogP contribution in [0.5, 0.6) is 0 Å². The highest BCUT2D eigenvalue weighted by Gasteiger charge is 2.13. The van der Waals surface area contributed by atoms with Gasteiger partial charge >= 0.3 is 6.03 Å². The summed E-state index contributed by atoms with van der Waals surface area (Å²) < 4.78 is 0. The molecule has 0 aliphatic carbocycles. The number of rotatable bonds is 8. The second kappa shape index (κ2) is 9.70. The van der Waals surface area contributed by atoms with Gasteiger partial charge in [-0.2, -0.15) is 0 Å². The third kappa shape index (κ3) is 5.18. The van der Waals surface area contributed by atoms with E-state index in [2.05, 4.69) is 36.3 Å². The molecule has 2 N–H and O–H groups in total. The predicted molar refractivity (Wildman–Crippen MR) is 95.0 cm³/mol. The number of hydrogen-bond acceptors (Lipinski definition) is 2. The van der Waals surface area contributed by atoms with Crippen LogP contribution in [-0.2, 0) is 12.8 Å². The Morgan fingerprint density at radius 3 is 2.36 bits per heavy atom. The van der Waals surface area contributed by atoms with Crippen LogP contribution in [0.4, 0.5) is 10.5 Å². The van der Waals surface area contributed by atoms with Crippen molar-refractivity contribution in [3.8, 4) is 0 Å². The minimum Gasteiger partial charge on any atom is -0.337 e. The minimum absolute atomic E-state index is 0.168. The summed E-state index contributed by atoms with van der Waals surface area (Å²) in [6.45, 7) is 11.8. The number of benzene rings is 1. The molecule has 0 bridgehead atoms. The molecule has 0 unspecified atom stereocenters. The molecule has 1 aromatic rings. The number of likely N-dealkylation sites (N-methyl/N-ethyl adjacent to an activating group) is 1. The number of nitrogens with one attached hydrogen (secondary N) is 2. The Kier molecular flexibility index (Phi) is 8.28. The van der Waals surface area contributed by atoms with Crippen LogP contribution in [0.2, 0.25) is 5.02 Å². The monoisotopic (exact) mass is 325 g/mol. The van der Waals surface area contributed by atoms with E-state index in [9.17, 15) is 4.79 Å². The molecule has 0 saturated carbocycles. The van der Waals surface area contributed by atoms with Gasteiger partial charge in [0.25, 0.3) is 0 Å². The average Bonchev–Trinajstić information content (AvgIpc) is 2.52. The van der Waals surface area contributed by atoms with Crippen molar-refractivity contribution >= 4 is 23.3 Å². The van der Waals surface area contributed by atoms with Gasteiger partial charge in [-0.3, -0.25) is 0 Å².